The van der Waals surface area contributed by atoms with Gasteiger partial charge in [0.1, 0.15) is 0 Å². The van der Waals surface area contributed by atoms with E-state index in [1.165, 1.54) is 16.7 Å². The molecule has 1 unspecified atom stereocenters. The average Bonchev–Trinajstić information content (AvgIpc) is 2.69. The number of aliphatic imine (C=N–C) groups is 2. The highest BCUT2D eigenvalue weighted by atomic mass is 16.3. The van der Waals surface area contributed by atoms with Crippen molar-refractivity contribution in [2.45, 2.75) is 38.0 Å². The fourth-order valence-electron chi connectivity index (χ4n) is 3.66. The summed E-state index contributed by atoms with van der Waals surface area (Å²) in [4.78, 5) is 11.5. The third kappa shape index (κ3) is 4.09. The summed E-state index contributed by atoms with van der Waals surface area (Å²) in [5.41, 5.74) is 4.85. The fraction of sp³-hybridized carbons (Fsp3) is 0.364. The molecule has 0 bridgehead atoms. The predicted molar refractivity (Wildman–Crippen MR) is 106 cm³/mol. The minimum Gasteiger partial charge on any atom is -0.393 e. The first-order chi connectivity index (χ1) is 12.8. The molecule has 134 valence electrons. The number of fused-ring (bicyclic) bond motifs is 1. The third-order valence-electron chi connectivity index (χ3n) is 5.23. The number of benzene rings is 2. The molecule has 0 amide bonds. The Morgan fingerprint density at radius 1 is 1.08 bits per heavy atom. The van der Waals surface area contributed by atoms with Gasteiger partial charge in [0, 0.05) is 32.1 Å². The monoisotopic (exact) mass is 347 g/mol. The molecule has 1 N–H and O–H groups in total. The Morgan fingerprint density at radius 2 is 1.85 bits per heavy atom. The minimum absolute atomic E-state index is 0.114. The second-order valence-electron chi connectivity index (χ2n) is 7.17. The maximum absolute atomic E-state index is 9.61. The van der Waals surface area contributed by atoms with Crippen LogP contribution in [0.3, 0.4) is 0 Å². The van der Waals surface area contributed by atoms with Crippen molar-refractivity contribution in [1.29, 1.82) is 0 Å². The molecule has 2 aliphatic heterocycles. The Morgan fingerprint density at radius 3 is 2.65 bits per heavy atom. The number of likely N-dealkylation sites (tertiary alicyclic amines) is 1. The van der Waals surface area contributed by atoms with Gasteiger partial charge < -0.3 is 5.11 Å². The summed E-state index contributed by atoms with van der Waals surface area (Å²) >= 11 is 0. The van der Waals surface area contributed by atoms with Crippen molar-refractivity contribution in [2.24, 2.45) is 9.98 Å². The van der Waals surface area contributed by atoms with E-state index >= 15 is 0 Å². The maximum atomic E-state index is 9.61. The van der Waals surface area contributed by atoms with Crippen LogP contribution in [0.2, 0.25) is 0 Å². The zero-order valence-corrected chi connectivity index (χ0v) is 15.0. The van der Waals surface area contributed by atoms with Crippen molar-refractivity contribution in [3.05, 3.63) is 65.2 Å². The van der Waals surface area contributed by atoms with Crippen LogP contribution in [-0.4, -0.2) is 41.6 Å². The van der Waals surface area contributed by atoms with Crippen LogP contribution in [0.25, 0.3) is 0 Å². The molecular weight excluding hydrogens is 322 g/mol. The number of rotatable bonds is 4. The van der Waals surface area contributed by atoms with Crippen LogP contribution in [0.4, 0.5) is 5.69 Å². The molecule has 2 aliphatic rings. The second-order valence-corrected chi connectivity index (χ2v) is 7.17. The van der Waals surface area contributed by atoms with Crippen LogP contribution < -0.4 is 0 Å². The molecule has 1 fully saturated rings. The van der Waals surface area contributed by atoms with Gasteiger partial charge in [-0.2, -0.15) is 0 Å². The molecular formula is C22H25N3O. The largest absolute Gasteiger partial charge is 0.393 e. The van der Waals surface area contributed by atoms with E-state index in [9.17, 15) is 5.11 Å². The van der Waals surface area contributed by atoms with E-state index in [1.54, 1.807) is 0 Å². The zero-order chi connectivity index (χ0) is 17.8. The van der Waals surface area contributed by atoms with E-state index in [4.69, 9.17) is 0 Å². The summed E-state index contributed by atoms with van der Waals surface area (Å²) in [7, 11) is 0. The lowest BCUT2D eigenvalue weighted by Gasteiger charge is -2.29. The normalized spacial score (nSPS) is 21.2. The van der Waals surface area contributed by atoms with Crippen LogP contribution >= 0.6 is 0 Å². The fourth-order valence-corrected chi connectivity index (χ4v) is 3.66. The molecule has 4 heteroatoms. The highest BCUT2D eigenvalue weighted by Crippen LogP contribution is 2.24. The molecule has 0 saturated carbocycles. The molecule has 1 saturated heterocycles. The van der Waals surface area contributed by atoms with Crippen molar-refractivity contribution in [1.82, 2.24) is 4.90 Å². The van der Waals surface area contributed by atoms with Gasteiger partial charge in [0.05, 0.1) is 24.3 Å². The lowest BCUT2D eigenvalue weighted by molar-refractivity contribution is 0.0792. The van der Waals surface area contributed by atoms with Crippen LogP contribution in [0.1, 0.15) is 35.4 Å². The van der Waals surface area contributed by atoms with Gasteiger partial charge in [0.15, 0.2) is 0 Å². The molecule has 0 aromatic heterocycles. The topological polar surface area (TPSA) is 48.2 Å². The van der Waals surface area contributed by atoms with Crippen molar-refractivity contribution in [2.75, 3.05) is 13.1 Å². The lowest BCUT2D eigenvalue weighted by Crippen LogP contribution is -2.35. The van der Waals surface area contributed by atoms with Gasteiger partial charge in [0.25, 0.3) is 0 Å². The summed E-state index contributed by atoms with van der Waals surface area (Å²) in [6, 6.07) is 16.9. The summed E-state index contributed by atoms with van der Waals surface area (Å²) in [6.45, 7) is 3.66. The highest BCUT2D eigenvalue weighted by molar-refractivity contribution is 5.92. The van der Waals surface area contributed by atoms with Gasteiger partial charge in [-0.3, -0.25) is 14.9 Å². The molecule has 2 aromatic carbocycles. The Labute approximate surface area is 154 Å². The van der Waals surface area contributed by atoms with Crippen molar-refractivity contribution < 1.29 is 5.11 Å². The molecule has 2 heterocycles. The Bertz CT molecular complexity index is 789. The molecule has 0 radical (unpaired) electrons. The molecule has 2 aromatic rings. The Kier molecular flexibility index (Phi) is 5.23. The van der Waals surface area contributed by atoms with Gasteiger partial charge >= 0.3 is 0 Å². The van der Waals surface area contributed by atoms with E-state index < -0.39 is 0 Å². The summed E-state index contributed by atoms with van der Waals surface area (Å²) in [5, 5.41) is 9.61. The van der Waals surface area contributed by atoms with Gasteiger partial charge in [-0.25, -0.2) is 0 Å². The molecule has 4 nitrogen and oxygen atoms in total. The summed E-state index contributed by atoms with van der Waals surface area (Å²) in [5.74, 6) is 0.152. The average molecular weight is 347 g/mol. The zero-order valence-electron chi connectivity index (χ0n) is 15.0. The maximum Gasteiger partial charge on any atom is 0.0639 e. The van der Waals surface area contributed by atoms with Crippen LogP contribution in [-0.2, 0) is 13.1 Å². The van der Waals surface area contributed by atoms with E-state index in [-0.39, 0.29) is 12.0 Å². The highest BCUT2D eigenvalue weighted by Gasteiger charge is 2.17. The van der Waals surface area contributed by atoms with Gasteiger partial charge in [-0.1, -0.05) is 36.4 Å². The lowest BCUT2D eigenvalue weighted by atomic mass is 9.94. The molecule has 4 rings (SSSR count). The standard InChI is InChI=1S/C22H25N3O/c26-21-9-11-25(12-10-21)16-17-5-7-20(8-6-17)24-15-19-14-23-13-18-3-1-2-4-22(18)19/h1-8,14-15,19,21,26H,9-13,16H2. The van der Waals surface area contributed by atoms with Gasteiger partial charge in [0.2, 0.25) is 0 Å². The molecule has 0 aliphatic carbocycles. The minimum atomic E-state index is -0.114. The van der Waals surface area contributed by atoms with Crippen molar-refractivity contribution in [3.63, 3.8) is 0 Å². The number of nitrogens with zero attached hydrogens (tertiary/aromatic N) is 3. The number of aliphatic hydroxyl groups is 1. The third-order valence-corrected chi connectivity index (χ3v) is 5.23. The molecule has 26 heavy (non-hydrogen) atoms. The Hall–Kier alpha value is -2.30. The number of piperidine rings is 1. The quantitative estimate of drug-likeness (QED) is 0.857. The Balaban J connectivity index is 1.39. The van der Waals surface area contributed by atoms with E-state index in [0.717, 1.165) is 44.7 Å². The molecule has 0 spiro atoms. The van der Waals surface area contributed by atoms with E-state index in [1.807, 2.05) is 12.4 Å². The van der Waals surface area contributed by atoms with E-state index in [0.29, 0.717) is 0 Å². The van der Waals surface area contributed by atoms with Gasteiger partial charge in [-0.05, 0) is 41.7 Å². The number of hydrogen-bond acceptors (Lipinski definition) is 4. The first kappa shape index (κ1) is 17.1. The van der Waals surface area contributed by atoms with Crippen LogP contribution in [0.5, 0.6) is 0 Å². The van der Waals surface area contributed by atoms with Crippen molar-refractivity contribution >= 4 is 18.1 Å². The predicted octanol–water partition coefficient (Wildman–Crippen LogP) is 3.71. The number of hydrogen-bond donors (Lipinski definition) is 1. The van der Waals surface area contributed by atoms with E-state index in [2.05, 4.69) is 63.4 Å². The SMILES string of the molecule is OC1CCN(Cc2ccc(N=CC3C=NCc4ccccc43)cc2)CC1. The van der Waals surface area contributed by atoms with Crippen molar-refractivity contribution in [3.8, 4) is 0 Å². The summed E-state index contributed by atoms with van der Waals surface area (Å²) < 4.78 is 0. The smallest absolute Gasteiger partial charge is 0.0639 e. The summed E-state index contributed by atoms with van der Waals surface area (Å²) in [6.07, 6.45) is 5.63. The van der Waals surface area contributed by atoms with Gasteiger partial charge in [-0.15, -0.1) is 0 Å². The second kappa shape index (κ2) is 7.94. The first-order valence-corrected chi connectivity index (χ1v) is 9.39. The van der Waals surface area contributed by atoms with Crippen LogP contribution in [0.15, 0.2) is 58.5 Å². The molecule has 1 atom stereocenters. The number of aliphatic hydroxyl groups excluding tert-OH is 1. The van der Waals surface area contributed by atoms with Crippen LogP contribution in [0, 0.1) is 0 Å². The first-order valence-electron chi connectivity index (χ1n) is 9.39.